The largest absolute Gasteiger partial charge is 0.483 e. The molecule has 0 saturated carbocycles. The maximum absolute atomic E-state index is 11.8. The van der Waals surface area contributed by atoms with Crippen LogP contribution in [0.5, 0.6) is 5.75 Å². The first kappa shape index (κ1) is 16.0. The number of ether oxygens (including phenoxy) is 1. The molecular weight excluding hydrogens is 400 g/mol. The Bertz CT molecular complexity index is 630. The van der Waals surface area contributed by atoms with E-state index in [0.29, 0.717) is 12.3 Å². The monoisotopic (exact) mass is 412 g/mol. The first-order valence-corrected chi connectivity index (χ1v) is 7.84. The van der Waals surface area contributed by atoms with Crippen molar-refractivity contribution in [3.8, 4) is 5.75 Å². The maximum atomic E-state index is 11.8. The summed E-state index contributed by atoms with van der Waals surface area (Å²) in [7, 11) is 0. The molecule has 0 saturated heterocycles. The van der Waals surface area contributed by atoms with E-state index in [2.05, 4.69) is 37.2 Å². The van der Waals surface area contributed by atoms with Crippen molar-refractivity contribution in [1.82, 2.24) is 0 Å². The third kappa shape index (κ3) is 4.84. The predicted molar refractivity (Wildman–Crippen MR) is 90.3 cm³/mol. The van der Waals surface area contributed by atoms with Crippen LogP contribution in [0.15, 0.2) is 51.4 Å². The zero-order chi connectivity index (χ0) is 15.2. The summed E-state index contributed by atoms with van der Waals surface area (Å²) in [5.74, 6) is 0.398. The van der Waals surface area contributed by atoms with Crippen LogP contribution in [0.1, 0.15) is 5.56 Å². The molecule has 6 heteroatoms. The molecule has 0 bridgehead atoms. The molecule has 2 aromatic carbocycles. The number of carbonyl (C=O) groups excluding carboxylic acids is 1. The minimum Gasteiger partial charge on any atom is -0.483 e. The van der Waals surface area contributed by atoms with Crippen LogP contribution in [0.3, 0.4) is 0 Å². The summed E-state index contributed by atoms with van der Waals surface area (Å²) in [6, 6.07) is 12.9. The van der Waals surface area contributed by atoms with Crippen LogP contribution in [0, 0.1) is 0 Å². The van der Waals surface area contributed by atoms with Crippen LogP contribution in [0.25, 0.3) is 0 Å². The Morgan fingerprint density at radius 3 is 2.43 bits per heavy atom. The molecule has 0 heterocycles. The minimum atomic E-state index is -0.219. The zero-order valence-electron chi connectivity index (χ0n) is 11.1. The fourth-order valence-corrected chi connectivity index (χ4v) is 2.39. The first-order valence-electron chi connectivity index (χ1n) is 6.25. The van der Waals surface area contributed by atoms with E-state index < -0.39 is 0 Å². The number of benzene rings is 2. The smallest absolute Gasteiger partial charge is 0.262 e. The van der Waals surface area contributed by atoms with E-state index in [1.54, 1.807) is 6.07 Å². The van der Waals surface area contributed by atoms with Gasteiger partial charge in [0.2, 0.25) is 0 Å². The SMILES string of the molecule is NCc1cc(Br)ccc1OCC(=O)Nc1ccc(Br)cc1. The molecule has 0 aliphatic carbocycles. The van der Waals surface area contributed by atoms with E-state index in [4.69, 9.17) is 10.5 Å². The summed E-state index contributed by atoms with van der Waals surface area (Å²) in [4.78, 5) is 11.8. The van der Waals surface area contributed by atoms with Crippen molar-refractivity contribution in [3.63, 3.8) is 0 Å². The highest BCUT2D eigenvalue weighted by molar-refractivity contribution is 9.10. The number of amides is 1. The second kappa shape index (κ2) is 7.59. The summed E-state index contributed by atoms with van der Waals surface area (Å²) in [5, 5.41) is 2.76. The van der Waals surface area contributed by atoms with Gasteiger partial charge in [0.1, 0.15) is 5.75 Å². The van der Waals surface area contributed by atoms with Crippen LogP contribution >= 0.6 is 31.9 Å². The molecule has 0 atom stereocenters. The van der Waals surface area contributed by atoms with Gasteiger partial charge in [0.15, 0.2) is 6.61 Å². The van der Waals surface area contributed by atoms with Crippen LogP contribution in [0.4, 0.5) is 5.69 Å². The van der Waals surface area contributed by atoms with Crippen molar-refractivity contribution >= 4 is 43.5 Å². The molecule has 2 rings (SSSR count). The highest BCUT2D eigenvalue weighted by atomic mass is 79.9. The lowest BCUT2D eigenvalue weighted by molar-refractivity contribution is -0.118. The topological polar surface area (TPSA) is 64.3 Å². The number of hydrogen-bond donors (Lipinski definition) is 2. The fourth-order valence-electron chi connectivity index (χ4n) is 1.72. The molecule has 0 aromatic heterocycles. The van der Waals surface area contributed by atoms with Crippen LogP contribution in [-0.2, 0) is 11.3 Å². The molecule has 1 amide bonds. The van der Waals surface area contributed by atoms with Gasteiger partial charge in [0.25, 0.3) is 5.91 Å². The van der Waals surface area contributed by atoms with Gasteiger partial charge in [-0.05, 0) is 42.5 Å². The Balaban J connectivity index is 1.93. The Morgan fingerprint density at radius 1 is 1.10 bits per heavy atom. The van der Waals surface area contributed by atoms with Crippen molar-refractivity contribution in [2.75, 3.05) is 11.9 Å². The van der Waals surface area contributed by atoms with E-state index >= 15 is 0 Å². The molecule has 0 fully saturated rings. The van der Waals surface area contributed by atoms with Gasteiger partial charge >= 0.3 is 0 Å². The molecule has 0 spiro atoms. The number of halogens is 2. The van der Waals surface area contributed by atoms with E-state index in [9.17, 15) is 4.79 Å². The average molecular weight is 414 g/mol. The van der Waals surface area contributed by atoms with Gasteiger partial charge in [0, 0.05) is 26.7 Å². The molecular formula is C15H14Br2N2O2. The highest BCUT2D eigenvalue weighted by Gasteiger charge is 2.07. The number of carbonyl (C=O) groups is 1. The molecule has 3 N–H and O–H groups in total. The quantitative estimate of drug-likeness (QED) is 0.785. The van der Waals surface area contributed by atoms with E-state index in [-0.39, 0.29) is 12.5 Å². The number of nitrogens with one attached hydrogen (secondary N) is 1. The molecule has 4 nitrogen and oxygen atoms in total. The number of rotatable bonds is 5. The molecule has 0 radical (unpaired) electrons. The van der Waals surface area contributed by atoms with Gasteiger partial charge in [-0.2, -0.15) is 0 Å². The summed E-state index contributed by atoms with van der Waals surface area (Å²) < 4.78 is 7.40. The van der Waals surface area contributed by atoms with Crippen LogP contribution in [-0.4, -0.2) is 12.5 Å². The summed E-state index contributed by atoms with van der Waals surface area (Å²) >= 11 is 6.71. The van der Waals surface area contributed by atoms with Gasteiger partial charge in [0.05, 0.1) is 0 Å². The summed E-state index contributed by atoms with van der Waals surface area (Å²) in [5.41, 5.74) is 7.23. The molecule has 110 valence electrons. The zero-order valence-corrected chi connectivity index (χ0v) is 14.3. The van der Waals surface area contributed by atoms with Crippen molar-refractivity contribution in [2.45, 2.75) is 6.54 Å². The van der Waals surface area contributed by atoms with Crippen molar-refractivity contribution in [1.29, 1.82) is 0 Å². The molecule has 0 unspecified atom stereocenters. The molecule has 0 aliphatic heterocycles. The summed E-state index contributed by atoms with van der Waals surface area (Å²) in [6.07, 6.45) is 0. The maximum Gasteiger partial charge on any atom is 0.262 e. The Kier molecular flexibility index (Phi) is 5.78. The highest BCUT2D eigenvalue weighted by Crippen LogP contribution is 2.22. The Hall–Kier alpha value is -1.37. The standard InChI is InChI=1S/C15H14Br2N2O2/c16-11-1-4-13(5-2-11)19-15(20)9-21-14-6-3-12(17)7-10(14)8-18/h1-7H,8-9,18H2,(H,19,20). The van der Waals surface area contributed by atoms with E-state index in [1.165, 1.54) is 0 Å². The van der Waals surface area contributed by atoms with Gasteiger partial charge in [-0.25, -0.2) is 0 Å². The Labute approximate surface area is 139 Å². The first-order chi connectivity index (χ1) is 10.1. The molecule has 21 heavy (non-hydrogen) atoms. The Morgan fingerprint density at radius 2 is 1.76 bits per heavy atom. The van der Waals surface area contributed by atoms with Crippen LogP contribution in [0.2, 0.25) is 0 Å². The predicted octanol–water partition coefficient (Wildman–Crippen LogP) is 3.69. The van der Waals surface area contributed by atoms with Gasteiger partial charge < -0.3 is 15.8 Å². The van der Waals surface area contributed by atoms with Crippen molar-refractivity contribution in [3.05, 3.63) is 57.0 Å². The average Bonchev–Trinajstić information content (AvgIpc) is 2.48. The number of hydrogen-bond acceptors (Lipinski definition) is 3. The lowest BCUT2D eigenvalue weighted by atomic mass is 10.2. The lowest BCUT2D eigenvalue weighted by Gasteiger charge is -2.11. The van der Waals surface area contributed by atoms with Crippen molar-refractivity contribution < 1.29 is 9.53 Å². The lowest BCUT2D eigenvalue weighted by Crippen LogP contribution is -2.20. The second-order valence-corrected chi connectivity index (χ2v) is 6.13. The van der Waals surface area contributed by atoms with E-state index in [0.717, 1.165) is 20.2 Å². The molecule has 0 aliphatic rings. The second-order valence-electron chi connectivity index (χ2n) is 4.30. The fraction of sp³-hybridized carbons (Fsp3) is 0.133. The minimum absolute atomic E-state index is 0.0648. The summed E-state index contributed by atoms with van der Waals surface area (Å²) in [6.45, 7) is 0.286. The third-order valence-corrected chi connectivity index (χ3v) is 3.75. The molecule has 2 aromatic rings. The third-order valence-electron chi connectivity index (χ3n) is 2.73. The van der Waals surface area contributed by atoms with Gasteiger partial charge in [-0.1, -0.05) is 31.9 Å². The van der Waals surface area contributed by atoms with Gasteiger partial charge in [-0.15, -0.1) is 0 Å². The van der Waals surface area contributed by atoms with Crippen LogP contribution < -0.4 is 15.8 Å². The van der Waals surface area contributed by atoms with Gasteiger partial charge in [-0.3, -0.25) is 4.79 Å². The number of nitrogens with two attached hydrogens (primary N) is 1. The normalized spacial score (nSPS) is 10.2. The van der Waals surface area contributed by atoms with Crippen molar-refractivity contribution in [2.24, 2.45) is 5.73 Å². The number of anilines is 1. The van der Waals surface area contributed by atoms with E-state index in [1.807, 2.05) is 36.4 Å².